The van der Waals surface area contributed by atoms with Crippen molar-refractivity contribution in [1.82, 2.24) is 10.3 Å². The molecule has 1 aromatic rings. The molecular weight excluding hydrogens is 264 g/mol. The summed E-state index contributed by atoms with van der Waals surface area (Å²) in [5.74, 6) is 0. The Labute approximate surface area is 118 Å². The molecule has 0 aliphatic heterocycles. The van der Waals surface area contributed by atoms with Gasteiger partial charge in [-0.05, 0) is 51.7 Å². The van der Waals surface area contributed by atoms with Gasteiger partial charge in [0.25, 0.3) is 0 Å². The molecule has 0 bridgehead atoms. The second-order valence-corrected chi connectivity index (χ2v) is 6.21. The van der Waals surface area contributed by atoms with E-state index in [4.69, 9.17) is 16.3 Å². The van der Waals surface area contributed by atoms with E-state index in [1.54, 1.807) is 12.3 Å². The zero-order chi connectivity index (χ0) is 14.0. The van der Waals surface area contributed by atoms with E-state index in [2.05, 4.69) is 10.3 Å². The highest BCUT2D eigenvalue weighted by molar-refractivity contribution is 6.31. The molecule has 1 aliphatic carbocycles. The molecule has 1 atom stereocenters. The fraction of sp³-hybridized carbons (Fsp3) is 0.571. The number of carbonyl (C=O) groups excluding carboxylic acids is 1. The number of amides is 1. The van der Waals surface area contributed by atoms with E-state index in [1.807, 2.05) is 20.8 Å². The molecule has 0 spiro atoms. The Morgan fingerprint density at radius 2 is 2.26 bits per heavy atom. The Morgan fingerprint density at radius 1 is 1.53 bits per heavy atom. The van der Waals surface area contributed by atoms with Gasteiger partial charge in [-0.1, -0.05) is 11.6 Å². The van der Waals surface area contributed by atoms with Crippen molar-refractivity contribution in [3.63, 3.8) is 0 Å². The van der Waals surface area contributed by atoms with Crippen molar-refractivity contribution in [2.45, 2.75) is 51.7 Å². The van der Waals surface area contributed by atoms with Crippen LogP contribution >= 0.6 is 11.6 Å². The van der Waals surface area contributed by atoms with E-state index < -0.39 is 5.60 Å². The van der Waals surface area contributed by atoms with Crippen LogP contribution in [0.3, 0.4) is 0 Å². The standard InChI is InChI=1S/C14H19ClN2O2/c1-14(2,3)19-13(18)17-9-4-5-12-10(8-9)11(15)6-7-16-12/h6-7,9H,4-5,8H2,1-3H3,(H,17,18)/t9-/m0/s1. The van der Waals surface area contributed by atoms with E-state index in [0.29, 0.717) is 6.42 Å². The summed E-state index contributed by atoms with van der Waals surface area (Å²) in [5.41, 5.74) is 1.60. The van der Waals surface area contributed by atoms with Gasteiger partial charge in [-0.2, -0.15) is 0 Å². The van der Waals surface area contributed by atoms with Gasteiger partial charge in [-0.25, -0.2) is 4.79 Å². The smallest absolute Gasteiger partial charge is 0.407 e. The number of nitrogens with one attached hydrogen (secondary N) is 1. The molecule has 1 amide bonds. The molecule has 0 fully saturated rings. The van der Waals surface area contributed by atoms with Gasteiger partial charge < -0.3 is 10.1 Å². The van der Waals surface area contributed by atoms with Gasteiger partial charge in [-0.15, -0.1) is 0 Å². The van der Waals surface area contributed by atoms with Crippen molar-refractivity contribution in [2.75, 3.05) is 0 Å². The third kappa shape index (κ3) is 3.83. The lowest BCUT2D eigenvalue weighted by atomic mass is 9.92. The minimum atomic E-state index is -0.476. The second kappa shape index (κ2) is 5.37. The first-order valence-corrected chi connectivity index (χ1v) is 6.85. The van der Waals surface area contributed by atoms with Gasteiger partial charge in [0, 0.05) is 23.0 Å². The van der Waals surface area contributed by atoms with Crippen molar-refractivity contribution >= 4 is 17.7 Å². The maximum absolute atomic E-state index is 11.7. The zero-order valence-electron chi connectivity index (χ0n) is 11.5. The monoisotopic (exact) mass is 282 g/mol. The summed E-state index contributed by atoms with van der Waals surface area (Å²) in [4.78, 5) is 16.1. The predicted molar refractivity (Wildman–Crippen MR) is 74.4 cm³/mol. The van der Waals surface area contributed by atoms with E-state index >= 15 is 0 Å². The van der Waals surface area contributed by atoms with Crippen LogP contribution in [0.4, 0.5) is 4.79 Å². The number of carbonyl (C=O) groups is 1. The van der Waals surface area contributed by atoms with Gasteiger partial charge in [0.2, 0.25) is 0 Å². The number of pyridine rings is 1. The molecule has 0 saturated heterocycles. The van der Waals surface area contributed by atoms with Crippen molar-refractivity contribution < 1.29 is 9.53 Å². The summed E-state index contributed by atoms with van der Waals surface area (Å²) >= 11 is 6.17. The van der Waals surface area contributed by atoms with Crippen LogP contribution < -0.4 is 5.32 Å². The maximum Gasteiger partial charge on any atom is 0.407 e. The molecule has 0 radical (unpaired) electrons. The van der Waals surface area contributed by atoms with Crippen LogP contribution in [0.1, 0.15) is 38.4 Å². The number of aromatic nitrogens is 1. The second-order valence-electron chi connectivity index (χ2n) is 5.80. The van der Waals surface area contributed by atoms with E-state index in [0.717, 1.165) is 29.1 Å². The fourth-order valence-electron chi connectivity index (χ4n) is 2.20. The number of alkyl carbamates (subject to hydrolysis) is 1. The molecule has 1 aliphatic rings. The number of aryl methyl sites for hydroxylation is 1. The summed E-state index contributed by atoms with van der Waals surface area (Å²) in [6.45, 7) is 5.55. The highest BCUT2D eigenvalue weighted by Gasteiger charge is 2.25. The van der Waals surface area contributed by atoms with Gasteiger partial charge in [0.05, 0.1) is 0 Å². The molecule has 4 nitrogen and oxygen atoms in total. The summed E-state index contributed by atoms with van der Waals surface area (Å²) < 4.78 is 5.26. The number of hydrogen-bond acceptors (Lipinski definition) is 3. The summed E-state index contributed by atoms with van der Waals surface area (Å²) in [6, 6.07) is 1.85. The summed E-state index contributed by atoms with van der Waals surface area (Å²) in [7, 11) is 0. The number of hydrogen-bond donors (Lipinski definition) is 1. The topological polar surface area (TPSA) is 51.2 Å². The average molecular weight is 283 g/mol. The normalized spacial score (nSPS) is 18.6. The van der Waals surface area contributed by atoms with Crippen LogP contribution in [0, 0.1) is 0 Å². The Bertz CT molecular complexity index is 483. The van der Waals surface area contributed by atoms with Gasteiger partial charge >= 0.3 is 6.09 Å². The Hall–Kier alpha value is -1.29. The minimum absolute atomic E-state index is 0.0593. The van der Waals surface area contributed by atoms with Crippen molar-refractivity contribution in [2.24, 2.45) is 0 Å². The largest absolute Gasteiger partial charge is 0.444 e. The SMILES string of the molecule is CC(C)(C)OC(=O)N[C@H]1CCc2nccc(Cl)c2C1. The molecule has 5 heteroatoms. The summed E-state index contributed by atoms with van der Waals surface area (Å²) in [6.07, 6.45) is 3.75. The molecule has 104 valence electrons. The molecular formula is C14H19ClN2O2. The Kier molecular flexibility index (Phi) is 3.99. The third-order valence-corrected chi connectivity index (χ3v) is 3.34. The molecule has 19 heavy (non-hydrogen) atoms. The zero-order valence-corrected chi connectivity index (χ0v) is 12.3. The van der Waals surface area contributed by atoms with Crippen LogP contribution in [-0.2, 0) is 17.6 Å². The van der Waals surface area contributed by atoms with Gasteiger partial charge in [0.15, 0.2) is 0 Å². The van der Waals surface area contributed by atoms with Crippen molar-refractivity contribution in [3.05, 3.63) is 28.5 Å². The van der Waals surface area contributed by atoms with Gasteiger partial charge in [0.1, 0.15) is 5.60 Å². The van der Waals surface area contributed by atoms with Crippen LogP contribution in [0.2, 0.25) is 5.02 Å². The van der Waals surface area contributed by atoms with Crippen molar-refractivity contribution in [1.29, 1.82) is 0 Å². The lowest BCUT2D eigenvalue weighted by Gasteiger charge is -2.27. The molecule has 1 heterocycles. The first kappa shape index (κ1) is 14.1. The first-order chi connectivity index (χ1) is 8.85. The van der Waals surface area contributed by atoms with E-state index in [9.17, 15) is 4.79 Å². The quantitative estimate of drug-likeness (QED) is 0.861. The highest BCUT2D eigenvalue weighted by atomic mass is 35.5. The third-order valence-electron chi connectivity index (χ3n) is 2.99. The number of nitrogens with zero attached hydrogens (tertiary/aromatic N) is 1. The lowest BCUT2D eigenvalue weighted by molar-refractivity contribution is 0.0500. The van der Waals surface area contributed by atoms with E-state index in [-0.39, 0.29) is 12.1 Å². The van der Waals surface area contributed by atoms with Crippen LogP contribution in [0.25, 0.3) is 0 Å². The molecule has 2 rings (SSSR count). The molecule has 0 unspecified atom stereocenters. The summed E-state index contributed by atoms with van der Waals surface area (Å²) in [5, 5.41) is 3.62. The number of halogens is 1. The maximum atomic E-state index is 11.7. The van der Waals surface area contributed by atoms with Crippen molar-refractivity contribution in [3.8, 4) is 0 Å². The first-order valence-electron chi connectivity index (χ1n) is 6.47. The molecule has 1 aromatic heterocycles. The Balaban J connectivity index is 1.99. The van der Waals surface area contributed by atoms with E-state index in [1.165, 1.54) is 0 Å². The number of rotatable bonds is 1. The minimum Gasteiger partial charge on any atom is -0.444 e. The Morgan fingerprint density at radius 3 is 2.95 bits per heavy atom. The number of fused-ring (bicyclic) bond motifs is 1. The van der Waals surface area contributed by atoms with Crippen LogP contribution in [0.5, 0.6) is 0 Å². The molecule has 0 aromatic carbocycles. The van der Waals surface area contributed by atoms with Gasteiger partial charge in [-0.3, -0.25) is 4.98 Å². The van der Waals surface area contributed by atoms with Crippen LogP contribution in [0.15, 0.2) is 12.3 Å². The molecule has 1 N–H and O–H groups in total. The van der Waals surface area contributed by atoms with Crippen LogP contribution in [-0.4, -0.2) is 22.7 Å². The predicted octanol–water partition coefficient (Wildman–Crippen LogP) is 3.12. The highest BCUT2D eigenvalue weighted by Crippen LogP contribution is 2.26. The fourth-order valence-corrected chi connectivity index (χ4v) is 2.44. The molecule has 0 saturated carbocycles. The number of ether oxygens (including phenoxy) is 1. The lowest BCUT2D eigenvalue weighted by Crippen LogP contribution is -2.42. The average Bonchev–Trinajstić information content (AvgIpc) is 2.27.